The van der Waals surface area contributed by atoms with E-state index in [9.17, 15) is 14.5 Å². The van der Waals surface area contributed by atoms with E-state index >= 15 is 0 Å². The molecule has 6 rings (SSSR count). The van der Waals surface area contributed by atoms with Gasteiger partial charge in [-0.3, -0.25) is 10.1 Å². The fourth-order valence-corrected chi connectivity index (χ4v) is 4.10. The first-order chi connectivity index (χ1) is 18.9. The molecular weight excluding hydrogens is 499 g/mol. The maximum atomic E-state index is 13.2. The van der Waals surface area contributed by atoms with Gasteiger partial charge in [-0.1, -0.05) is 43.7 Å². The zero-order chi connectivity index (χ0) is 27.4. The molecule has 9 heteroatoms. The second-order valence-electron chi connectivity index (χ2n) is 8.91. The van der Waals surface area contributed by atoms with Crippen molar-refractivity contribution in [3.8, 4) is 22.9 Å². The summed E-state index contributed by atoms with van der Waals surface area (Å²) < 4.78 is 24.5. The fourth-order valence-electron chi connectivity index (χ4n) is 4.10. The number of rotatable bonds is 6. The van der Waals surface area contributed by atoms with Crippen molar-refractivity contribution in [2.75, 3.05) is 5.73 Å². The van der Waals surface area contributed by atoms with Gasteiger partial charge in [0.25, 0.3) is 0 Å². The Hall–Kier alpha value is -5.05. The van der Waals surface area contributed by atoms with Crippen LogP contribution in [-0.4, -0.2) is 14.9 Å². The van der Waals surface area contributed by atoms with E-state index in [-0.39, 0.29) is 5.89 Å². The summed E-state index contributed by atoms with van der Waals surface area (Å²) >= 11 is 0. The summed E-state index contributed by atoms with van der Waals surface area (Å²) in [6, 6.07) is 24.5. The van der Waals surface area contributed by atoms with E-state index in [0.717, 1.165) is 47.3 Å². The van der Waals surface area contributed by atoms with Crippen LogP contribution < -0.4 is 5.73 Å². The quantitative estimate of drug-likeness (QED) is 0.133. The summed E-state index contributed by atoms with van der Waals surface area (Å²) in [5.41, 5.74) is 11.7. The van der Waals surface area contributed by atoms with Gasteiger partial charge in [0.2, 0.25) is 17.6 Å². The van der Waals surface area contributed by atoms with Gasteiger partial charge < -0.3 is 14.6 Å². The lowest BCUT2D eigenvalue weighted by atomic mass is 10.0. The number of nitrogens with zero attached hydrogens (tertiary/aromatic N) is 3. The third-order valence-corrected chi connectivity index (χ3v) is 6.17. The van der Waals surface area contributed by atoms with E-state index in [2.05, 4.69) is 23.0 Å². The maximum Gasteiger partial charge on any atom is 0.305 e. The lowest BCUT2D eigenvalue weighted by molar-refractivity contribution is -0.387. The Morgan fingerprint density at radius 1 is 0.846 bits per heavy atom. The highest BCUT2D eigenvalue weighted by molar-refractivity contribution is 5.77. The minimum atomic E-state index is -0.884. The van der Waals surface area contributed by atoms with Gasteiger partial charge in [-0.15, -0.1) is 0 Å². The van der Waals surface area contributed by atoms with Gasteiger partial charge in [-0.05, 0) is 66.9 Å². The van der Waals surface area contributed by atoms with Crippen molar-refractivity contribution < 1.29 is 18.1 Å². The Morgan fingerprint density at radius 2 is 1.41 bits per heavy atom. The van der Waals surface area contributed by atoms with Crippen molar-refractivity contribution in [2.24, 2.45) is 0 Å². The first-order valence-electron chi connectivity index (χ1n) is 12.5. The van der Waals surface area contributed by atoms with Gasteiger partial charge in [0.05, 0.1) is 4.92 Å². The maximum absolute atomic E-state index is 13.2. The van der Waals surface area contributed by atoms with E-state index in [1.165, 1.54) is 18.1 Å². The van der Waals surface area contributed by atoms with Crippen molar-refractivity contribution in [1.29, 1.82) is 0 Å². The molecule has 0 saturated carbocycles. The molecule has 0 saturated heterocycles. The van der Waals surface area contributed by atoms with Crippen molar-refractivity contribution in [3.63, 3.8) is 0 Å². The summed E-state index contributed by atoms with van der Waals surface area (Å²) in [7, 11) is 0. The van der Waals surface area contributed by atoms with Gasteiger partial charge in [0, 0.05) is 22.9 Å². The summed E-state index contributed by atoms with van der Waals surface area (Å²) in [6.07, 6.45) is 3.36. The summed E-state index contributed by atoms with van der Waals surface area (Å²) in [6.45, 7) is 2.18. The Bertz CT molecular complexity index is 1710. The van der Waals surface area contributed by atoms with Crippen LogP contribution in [0.25, 0.3) is 45.1 Å². The van der Waals surface area contributed by atoms with E-state index in [1.54, 1.807) is 18.2 Å². The highest BCUT2D eigenvalue weighted by Gasteiger charge is 2.17. The second kappa shape index (κ2) is 11.1. The molecule has 0 bridgehead atoms. The molecule has 0 aliphatic heterocycles. The third-order valence-electron chi connectivity index (χ3n) is 6.17. The molecule has 196 valence electrons. The van der Waals surface area contributed by atoms with Crippen LogP contribution in [0.2, 0.25) is 0 Å². The molecule has 2 N–H and O–H groups in total. The number of oxazole rings is 2. The Balaban J connectivity index is 0.000000158. The Labute approximate surface area is 223 Å². The number of nitro benzene ring substituents is 1. The van der Waals surface area contributed by atoms with Crippen LogP contribution in [0.1, 0.15) is 25.3 Å². The number of nitrogens with two attached hydrogens (primary N) is 1. The summed E-state index contributed by atoms with van der Waals surface area (Å²) in [4.78, 5) is 18.6. The molecule has 0 amide bonds. The second-order valence-corrected chi connectivity index (χ2v) is 8.91. The first kappa shape index (κ1) is 25.6. The zero-order valence-electron chi connectivity index (χ0n) is 21.1. The minimum absolute atomic E-state index is 0.226. The number of fused-ring (bicyclic) bond motifs is 2. The number of benzene rings is 4. The smallest absolute Gasteiger partial charge is 0.305 e. The van der Waals surface area contributed by atoms with Gasteiger partial charge in [0.15, 0.2) is 11.2 Å². The van der Waals surface area contributed by atoms with Crippen LogP contribution in [0, 0.1) is 15.9 Å². The van der Waals surface area contributed by atoms with E-state index in [1.807, 2.05) is 42.5 Å². The molecule has 2 aromatic heterocycles. The predicted molar refractivity (Wildman–Crippen MR) is 149 cm³/mol. The van der Waals surface area contributed by atoms with Gasteiger partial charge >= 0.3 is 5.69 Å². The molecule has 2 heterocycles. The molecular formula is C30H25FN4O4. The molecule has 0 fully saturated rings. The van der Waals surface area contributed by atoms with Crippen LogP contribution in [0.3, 0.4) is 0 Å². The highest BCUT2D eigenvalue weighted by atomic mass is 19.1. The van der Waals surface area contributed by atoms with E-state index in [0.29, 0.717) is 22.6 Å². The number of unbranched alkanes of at least 4 members (excludes halogenated alkanes) is 1. The highest BCUT2D eigenvalue weighted by Crippen LogP contribution is 2.29. The first-order valence-corrected chi connectivity index (χ1v) is 12.5. The molecule has 0 radical (unpaired) electrons. The fraction of sp³-hybridized carbons (Fsp3) is 0.133. The third kappa shape index (κ3) is 5.62. The van der Waals surface area contributed by atoms with Gasteiger partial charge in [-0.25, -0.2) is 9.97 Å². The SMILES string of the molecule is CCCCc1ccc(-c2nc3ccccc3o2)cc1N.O=[N+]([O-])c1cc(-c2nc3ccccc3o2)ccc1F. The topological polar surface area (TPSA) is 121 Å². The standard InChI is InChI=1S/C17H18N2O.C13H7FN2O3/c1-2-3-6-12-9-10-13(11-14(12)18)17-19-15-7-4-5-8-16(15)20-17;14-9-6-5-8(7-11(9)16(17)18)13-15-10-3-1-2-4-12(10)19-13/h4-5,7-11H,2-3,6,18H2,1H3;1-7H. The van der Waals surface area contributed by atoms with E-state index < -0.39 is 16.4 Å². The number of anilines is 1. The van der Waals surface area contributed by atoms with Crippen LogP contribution in [0.4, 0.5) is 15.8 Å². The van der Waals surface area contributed by atoms with Crippen molar-refractivity contribution >= 4 is 33.6 Å². The largest absolute Gasteiger partial charge is 0.436 e. The van der Waals surface area contributed by atoms with Crippen LogP contribution in [0.5, 0.6) is 0 Å². The summed E-state index contributed by atoms with van der Waals surface area (Å²) in [5, 5.41) is 10.7. The molecule has 0 aliphatic carbocycles. The van der Waals surface area contributed by atoms with Crippen LogP contribution >= 0.6 is 0 Å². The number of hydrogen-bond acceptors (Lipinski definition) is 7. The van der Waals surface area contributed by atoms with Crippen molar-refractivity contribution in [1.82, 2.24) is 9.97 Å². The number of nitro groups is 1. The van der Waals surface area contributed by atoms with Crippen LogP contribution in [-0.2, 0) is 6.42 Å². The average Bonchev–Trinajstić information content (AvgIpc) is 3.57. The molecule has 0 atom stereocenters. The monoisotopic (exact) mass is 524 g/mol. The van der Waals surface area contributed by atoms with Crippen LogP contribution in [0.15, 0.2) is 93.8 Å². The van der Waals surface area contributed by atoms with E-state index in [4.69, 9.17) is 14.6 Å². The summed E-state index contributed by atoms with van der Waals surface area (Å²) in [5.74, 6) is -0.0332. The molecule has 0 spiro atoms. The predicted octanol–water partition coefficient (Wildman–Crippen LogP) is 7.96. The number of halogens is 1. The Kier molecular flexibility index (Phi) is 7.31. The molecule has 6 aromatic rings. The number of aromatic nitrogens is 2. The molecule has 4 aromatic carbocycles. The zero-order valence-corrected chi connectivity index (χ0v) is 21.1. The van der Waals surface area contributed by atoms with Crippen molar-refractivity contribution in [2.45, 2.75) is 26.2 Å². The number of aryl methyl sites for hydroxylation is 1. The lowest BCUT2D eigenvalue weighted by Crippen LogP contribution is -1.95. The van der Waals surface area contributed by atoms with Gasteiger partial charge in [0.1, 0.15) is 11.0 Å². The minimum Gasteiger partial charge on any atom is -0.436 e. The van der Waals surface area contributed by atoms with Crippen molar-refractivity contribution in [3.05, 3.63) is 106 Å². The number of nitrogen functional groups attached to an aromatic ring is 1. The number of hydrogen-bond donors (Lipinski definition) is 1. The lowest BCUT2D eigenvalue weighted by Gasteiger charge is -2.06. The molecule has 0 unspecified atom stereocenters. The van der Waals surface area contributed by atoms with Gasteiger partial charge in [-0.2, -0.15) is 4.39 Å². The Morgan fingerprint density at radius 3 is 1.95 bits per heavy atom. The normalized spacial score (nSPS) is 10.9. The number of para-hydroxylation sites is 4. The molecule has 0 aliphatic rings. The molecule has 8 nitrogen and oxygen atoms in total. The average molecular weight is 525 g/mol. The molecule has 39 heavy (non-hydrogen) atoms.